The second kappa shape index (κ2) is 6.73. The van der Waals surface area contributed by atoms with Gasteiger partial charge in [-0.2, -0.15) is 0 Å². The fourth-order valence-electron chi connectivity index (χ4n) is 4.44. The first kappa shape index (κ1) is 18.4. The third-order valence-corrected chi connectivity index (χ3v) is 8.16. The van der Waals surface area contributed by atoms with E-state index in [2.05, 4.69) is 0 Å². The van der Waals surface area contributed by atoms with E-state index in [1.807, 2.05) is 23.1 Å². The molecule has 0 radical (unpaired) electrons. The van der Waals surface area contributed by atoms with Crippen molar-refractivity contribution in [2.45, 2.75) is 24.2 Å². The molecule has 5 rings (SSSR count). The monoisotopic (exact) mass is 413 g/mol. The predicted molar refractivity (Wildman–Crippen MR) is 109 cm³/mol. The summed E-state index contributed by atoms with van der Waals surface area (Å²) in [5.41, 5.74) is 0.560. The van der Waals surface area contributed by atoms with Crippen LogP contribution in [0.4, 0.5) is 5.69 Å². The molecule has 3 aliphatic rings. The number of carbonyl (C=O) groups excluding carboxylic acids is 2. The molecule has 1 saturated carbocycles. The molecule has 8 heteroatoms. The minimum atomic E-state index is -3.74. The molecule has 0 N–H and O–H groups in total. The Morgan fingerprint density at radius 3 is 2.24 bits per heavy atom. The summed E-state index contributed by atoms with van der Waals surface area (Å²) in [6.45, 7) is 1.71. The Labute approximate surface area is 169 Å². The lowest BCUT2D eigenvalue weighted by Gasteiger charge is -2.38. The van der Waals surface area contributed by atoms with Gasteiger partial charge in [0, 0.05) is 37.5 Å². The van der Waals surface area contributed by atoms with Gasteiger partial charge < -0.3 is 9.80 Å². The van der Waals surface area contributed by atoms with Gasteiger partial charge in [-0.3, -0.25) is 13.9 Å². The van der Waals surface area contributed by atoms with Crippen molar-refractivity contribution in [3.63, 3.8) is 0 Å². The number of benzene rings is 2. The third kappa shape index (κ3) is 2.88. The fourth-order valence-corrected chi connectivity index (χ4v) is 6.10. The van der Waals surface area contributed by atoms with Crippen LogP contribution in [0.3, 0.4) is 0 Å². The zero-order valence-electron chi connectivity index (χ0n) is 16.1. The topological polar surface area (TPSA) is 78.0 Å². The smallest absolute Gasteiger partial charge is 0.265 e. The lowest BCUT2D eigenvalue weighted by molar-refractivity contribution is -0.143. The highest BCUT2D eigenvalue weighted by atomic mass is 32.2. The zero-order chi connectivity index (χ0) is 20.2. The molecule has 29 heavy (non-hydrogen) atoms. The van der Waals surface area contributed by atoms with Crippen LogP contribution in [0.2, 0.25) is 0 Å². The molecule has 0 atom stereocenters. The number of hydrogen-bond acceptors (Lipinski definition) is 4. The molecule has 2 aromatic rings. The van der Waals surface area contributed by atoms with Gasteiger partial charge in [0.15, 0.2) is 0 Å². The normalized spacial score (nSPS) is 20.8. The van der Waals surface area contributed by atoms with Gasteiger partial charge >= 0.3 is 0 Å². The van der Waals surface area contributed by atoms with Gasteiger partial charge in [-0.25, -0.2) is 8.42 Å². The quantitative estimate of drug-likeness (QED) is 0.769. The summed E-state index contributed by atoms with van der Waals surface area (Å²) in [6.07, 6.45) is 3.06. The summed E-state index contributed by atoms with van der Waals surface area (Å²) in [6, 6.07) is 10.6. The van der Waals surface area contributed by atoms with Crippen molar-refractivity contribution in [3.8, 4) is 0 Å². The summed E-state index contributed by atoms with van der Waals surface area (Å²) in [4.78, 5) is 29.1. The minimum Gasteiger partial charge on any atom is -0.339 e. The first-order chi connectivity index (χ1) is 14.0. The van der Waals surface area contributed by atoms with Crippen LogP contribution in [0.5, 0.6) is 0 Å². The molecule has 0 aromatic heterocycles. The van der Waals surface area contributed by atoms with Crippen LogP contribution < -0.4 is 4.31 Å². The molecule has 0 unspecified atom stereocenters. The average Bonchev–Trinajstić information content (AvgIpc) is 2.90. The van der Waals surface area contributed by atoms with Gasteiger partial charge in [0.2, 0.25) is 11.8 Å². The Morgan fingerprint density at radius 2 is 1.59 bits per heavy atom. The van der Waals surface area contributed by atoms with E-state index in [-0.39, 0.29) is 29.2 Å². The lowest BCUT2D eigenvalue weighted by atomic mass is 9.84. The van der Waals surface area contributed by atoms with Gasteiger partial charge in [-0.1, -0.05) is 30.7 Å². The number of carbonyl (C=O) groups is 2. The number of rotatable bonds is 3. The van der Waals surface area contributed by atoms with Crippen LogP contribution in [-0.2, 0) is 19.6 Å². The number of hydrogen-bond donors (Lipinski definition) is 0. The molecule has 0 bridgehead atoms. The summed E-state index contributed by atoms with van der Waals surface area (Å²) in [7, 11) is -3.74. The standard InChI is InChI=1S/C21H23N3O4S/c25-19(22-10-12-23(13-11-22)21(26)16-6-1-7-16)14-24-17-8-2-4-15-5-3-9-18(20(15)17)29(24,27)28/h2-5,8-9,16H,1,6-7,10-14H2. The molecule has 1 saturated heterocycles. The van der Waals surface area contributed by atoms with Crippen molar-refractivity contribution >= 4 is 38.3 Å². The van der Waals surface area contributed by atoms with Gasteiger partial charge in [0.1, 0.15) is 6.54 Å². The number of nitrogens with zero attached hydrogens (tertiary/aromatic N) is 3. The van der Waals surface area contributed by atoms with Gasteiger partial charge in [0.05, 0.1) is 10.6 Å². The fraction of sp³-hybridized carbons (Fsp3) is 0.429. The minimum absolute atomic E-state index is 0.158. The van der Waals surface area contributed by atoms with Crippen molar-refractivity contribution in [2.75, 3.05) is 37.0 Å². The Kier molecular flexibility index (Phi) is 4.27. The average molecular weight is 413 g/mol. The van der Waals surface area contributed by atoms with Gasteiger partial charge in [-0.15, -0.1) is 0 Å². The number of piperazine rings is 1. The maximum atomic E-state index is 13.0. The molecule has 2 heterocycles. The molecule has 2 aliphatic heterocycles. The van der Waals surface area contributed by atoms with Gasteiger partial charge in [0.25, 0.3) is 10.0 Å². The summed E-state index contributed by atoms with van der Waals surface area (Å²) < 4.78 is 27.3. The second-order valence-corrected chi connectivity index (χ2v) is 9.81. The van der Waals surface area contributed by atoms with Crippen molar-refractivity contribution in [1.82, 2.24) is 9.80 Å². The van der Waals surface area contributed by atoms with Crippen molar-refractivity contribution in [1.29, 1.82) is 0 Å². The molecule has 7 nitrogen and oxygen atoms in total. The SMILES string of the molecule is O=C(CN1c2cccc3cccc(c23)S1(=O)=O)N1CCN(C(=O)C2CCC2)CC1. The van der Waals surface area contributed by atoms with E-state index in [4.69, 9.17) is 0 Å². The first-order valence-corrected chi connectivity index (χ1v) is 11.5. The molecule has 2 fully saturated rings. The van der Waals surface area contributed by atoms with E-state index in [1.54, 1.807) is 23.1 Å². The molecular weight excluding hydrogens is 390 g/mol. The Hall–Kier alpha value is -2.61. The van der Waals surface area contributed by atoms with E-state index in [9.17, 15) is 18.0 Å². The maximum absolute atomic E-state index is 13.0. The molecular formula is C21H23N3O4S. The largest absolute Gasteiger partial charge is 0.339 e. The first-order valence-electron chi connectivity index (χ1n) is 10.1. The number of sulfonamides is 1. The summed E-state index contributed by atoms with van der Waals surface area (Å²) in [5, 5.41) is 1.53. The Bertz CT molecular complexity index is 1100. The molecule has 1 aliphatic carbocycles. The summed E-state index contributed by atoms with van der Waals surface area (Å²) >= 11 is 0. The van der Waals surface area contributed by atoms with E-state index in [0.717, 1.165) is 24.6 Å². The van der Waals surface area contributed by atoms with Crippen LogP contribution >= 0.6 is 0 Å². The van der Waals surface area contributed by atoms with Crippen LogP contribution in [-0.4, -0.2) is 62.8 Å². The highest BCUT2D eigenvalue weighted by molar-refractivity contribution is 7.93. The van der Waals surface area contributed by atoms with E-state index in [1.165, 1.54) is 4.31 Å². The van der Waals surface area contributed by atoms with E-state index < -0.39 is 10.0 Å². The molecule has 152 valence electrons. The van der Waals surface area contributed by atoms with Crippen LogP contribution in [0, 0.1) is 5.92 Å². The highest BCUT2D eigenvalue weighted by Crippen LogP contribution is 2.41. The number of amides is 2. The summed E-state index contributed by atoms with van der Waals surface area (Å²) in [5.74, 6) is 0.132. The third-order valence-electron chi connectivity index (χ3n) is 6.36. The Balaban J connectivity index is 1.31. The second-order valence-electron chi connectivity index (χ2n) is 7.98. The lowest BCUT2D eigenvalue weighted by Crippen LogP contribution is -2.54. The highest BCUT2D eigenvalue weighted by Gasteiger charge is 2.38. The molecule has 2 aromatic carbocycles. The van der Waals surface area contributed by atoms with Crippen LogP contribution in [0.25, 0.3) is 10.8 Å². The molecule has 2 amide bonds. The van der Waals surface area contributed by atoms with Gasteiger partial charge in [-0.05, 0) is 30.4 Å². The Morgan fingerprint density at radius 1 is 0.931 bits per heavy atom. The predicted octanol–water partition coefficient (Wildman–Crippen LogP) is 1.82. The van der Waals surface area contributed by atoms with E-state index in [0.29, 0.717) is 37.3 Å². The van der Waals surface area contributed by atoms with Crippen molar-refractivity contribution in [2.24, 2.45) is 5.92 Å². The zero-order valence-corrected chi connectivity index (χ0v) is 16.9. The van der Waals surface area contributed by atoms with Crippen LogP contribution in [0.15, 0.2) is 41.3 Å². The maximum Gasteiger partial charge on any atom is 0.265 e. The van der Waals surface area contributed by atoms with Crippen molar-refractivity contribution < 1.29 is 18.0 Å². The molecule has 0 spiro atoms. The van der Waals surface area contributed by atoms with Crippen molar-refractivity contribution in [3.05, 3.63) is 36.4 Å². The van der Waals surface area contributed by atoms with Crippen LogP contribution in [0.1, 0.15) is 19.3 Å². The number of anilines is 1. The van der Waals surface area contributed by atoms with E-state index >= 15 is 0 Å².